The summed E-state index contributed by atoms with van der Waals surface area (Å²) in [5.41, 5.74) is 4.43. The molecule has 0 aliphatic carbocycles. The number of nitrogens with zero attached hydrogens (tertiary/aromatic N) is 1. The molecule has 22 heavy (non-hydrogen) atoms. The smallest absolute Gasteiger partial charge is 0.0957 e. The van der Waals surface area contributed by atoms with Gasteiger partial charge in [0, 0.05) is 27.2 Å². The van der Waals surface area contributed by atoms with Crippen LogP contribution in [0.3, 0.4) is 0 Å². The highest BCUT2D eigenvalue weighted by Gasteiger charge is 2.11. The minimum Gasteiger partial charge on any atom is -0.357 e. The van der Waals surface area contributed by atoms with Crippen molar-refractivity contribution < 1.29 is 0 Å². The summed E-state index contributed by atoms with van der Waals surface area (Å²) in [6, 6.07) is 21.4. The maximum atomic E-state index is 4.98. The molecule has 0 atom stereocenters. The molecule has 2 heterocycles. The number of hydrogen-bond donors (Lipinski definition) is 1. The first-order valence-corrected chi connectivity index (χ1v) is 7.51. The summed E-state index contributed by atoms with van der Waals surface area (Å²) in [6.45, 7) is 2.08. The Balaban J connectivity index is 2.07. The Morgan fingerprint density at radius 1 is 0.682 bits per heavy atom. The van der Waals surface area contributed by atoms with E-state index in [1.165, 1.54) is 26.9 Å². The maximum Gasteiger partial charge on any atom is 0.0957 e. The zero-order valence-electron chi connectivity index (χ0n) is 12.2. The first kappa shape index (κ1) is 11.8. The van der Waals surface area contributed by atoms with Gasteiger partial charge in [-0.2, -0.15) is 0 Å². The van der Waals surface area contributed by atoms with Crippen LogP contribution in [0.15, 0.2) is 60.7 Å². The summed E-state index contributed by atoms with van der Waals surface area (Å²) in [7, 11) is 0. The topological polar surface area (TPSA) is 28.7 Å². The van der Waals surface area contributed by atoms with Gasteiger partial charge in [-0.05, 0) is 18.4 Å². The Hall–Kier alpha value is -2.87. The summed E-state index contributed by atoms with van der Waals surface area (Å²) in [6.07, 6.45) is 0. The number of aryl methyl sites for hydroxylation is 1. The summed E-state index contributed by atoms with van der Waals surface area (Å²) in [5.74, 6) is 0. The first-order valence-electron chi connectivity index (χ1n) is 7.51. The fourth-order valence-electron chi connectivity index (χ4n) is 3.37. The monoisotopic (exact) mass is 282 g/mol. The fraction of sp³-hybridized carbons (Fsp3) is 0.0500. The number of rotatable bonds is 0. The van der Waals surface area contributed by atoms with E-state index in [-0.39, 0.29) is 0 Å². The Morgan fingerprint density at radius 2 is 1.41 bits per heavy atom. The van der Waals surface area contributed by atoms with Gasteiger partial charge in [0.1, 0.15) is 0 Å². The molecule has 5 rings (SSSR count). The van der Waals surface area contributed by atoms with E-state index >= 15 is 0 Å². The number of aromatic amines is 1. The van der Waals surface area contributed by atoms with Crippen LogP contribution in [0.25, 0.3) is 43.5 Å². The van der Waals surface area contributed by atoms with Gasteiger partial charge in [-0.15, -0.1) is 0 Å². The second-order valence-electron chi connectivity index (χ2n) is 5.86. The van der Waals surface area contributed by atoms with E-state index in [1.54, 1.807) is 0 Å². The lowest BCUT2D eigenvalue weighted by atomic mass is 10.1. The average molecular weight is 282 g/mol. The third-order valence-electron chi connectivity index (χ3n) is 4.46. The van der Waals surface area contributed by atoms with Crippen LogP contribution in [-0.4, -0.2) is 9.97 Å². The molecular weight excluding hydrogens is 268 g/mol. The van der Waals surface area contributed by atoms with E-state index in [4.69, 9.17) is 4.98 Å². The standard InChI is InChI=1S/C20H14N2/c1-12-6-7-14-9-11-17-16-10-8-13-4-2-3-5-15(13)19(16)22-20(17)18(14)21-12/h2-11,21H,1H3. The lowest BCUT2D eigenvalue weighted by molar-refractivity contribution is 1.26. The molecule has 0 spiro atoms. The van der Waals surface area contributed by atoms with E-state index in [1.807, 2.05) is 0 Å². The average Bonchev–Trinajstić information content (AvgIpc) is 2.94. The number of benzene rings is 3. The predicted molar refractivity (Wildman–Crippen MR) is 93.3 cm³/mol. The third-order valence-corrected chi connectivity index (χ3v) is 4.46. The molecule has 0 aliphatic heterocycles. The molecule has 2 nitrogen and oxygen atoms in total. The maximum absolute atomic E-state index is 4.98. The molecule has 0 bridgehead atoms. The van der Waals surface area contributed by atoms with Gasteiger partial charge in [0.25, 0.3) is 0 Å². The number of nitrogens with one attached hydrogen (secondary N) is 1. The second-order valence-corrected chi connectivity index (χ2v) is 5.86. The minimum atomic E-state index is 1.06. The summed E-state index contributed by atoms with van der Waals surface area (Å²) < 4.78 is 0. The van der Waals surface area contributed by atoms with Crippen LogP contribution in [0, 0.1) is 6.92 Å². The molecule has 2 aromatic heterocycles. The molecule has 5 aromatic rings. The van der Waals surface area contributed by atoms with Crippen molar-refractivity contribution in [3.63, 3.8) is 0 Å². The normalized spacial score (nSPS) is 11.9. The highest BCUT2D eigenvalue weighted by molar-refractivity contribution is 6.21. The van der Waals surface area contributed by atoms with E-state index in [0.29, 0.717) is 0 Å². The summed E-state index contributed by atoms with van der Waals surface area (Å²) in [4.78, 5) is 8.46. The van der Waals surface area contributed by atoms with E-state index in [9.17, 15) is 0 Å². The molecule has 0 radical (unpaired) electrons. The Labute approximate surface area is 127 Å². The van der Waals surface area contributed by atoms with Gasteiger partial charge >= 0.3 is 0 Å². The van der Waals surface area contributed by atoms with Crippen LogP contribution >= 0.6 is 0 Å². The van der Waals surface area contributed by atoms with E-state index in [0.717, 1.165) is 22.2 Å². The molecule has 0 aliphatic rings. The second kappa shape index (κ2) is 4.08. The SMILES string of the molecule is Cc1ccc2ccc3c4ccc5ccccc5c4nc3c2[nH]1. The van der Waals surface area contributed by atoms with Gasteiger partial charge in [0.15, 0.2) is 0 Å². The highest BCUT2D eigenvalue weighted by atomic mass is 14.8. The van der Waals surface area contributed by atoms with Crippen LogP contribution in [0.5, 0.6) is 0 Å². The van der Waals surface area contributed by atoms with Crippen molar-refractivity contribution in [2.45, 2.75) is 6.92 Å². The minimum absolute atomic E-state index is 1.06. The Kier molecular flexibility index (Phi) is 2.18. The quantitative estimate of drug-likeness (QED) is 0.408. The van der Waals surface area contributed by atoms with Gasteiger partial charge in [0.05, 0.1) is 16.6 Å². The van der Waals surface area contributed by atoms with Crippen molar-refractivity contribution in [3.8, 4) is 0 Å². The molecule has 0 amide bonds. The number of H-pyrrole nitrogens is 1. The van der Waals surface area contributed by atoms with Crippen molar-refractivity contribution in [3.05, 3.63) is 66.4 Å². The molecule has 0 unspecified atom stereocenters. The van der Waals surface area contributed by atoms with Crippen molar-refractivity contribution in [2.75, 3.05) is 0 Å². The Bertz CT molecular complexity index is 1180. The van der Waals surface area contributed by atoms with Crippen molar-refractivity contribution in [2.24, 2.45) is 0 Å². The van der Waals surface area contributed by atoms with Gasteiger partial charge in [-0.3, -0.25) is 0 Å². The fourth-order valence-corrected chi connectivity index (χ4v) is 3.37. The number of aromatic nitrogens is 2. The van der Waals surface area contributed by atoms with Crippen LogP contribution in [0.4, 0.5) is 0 Å². The van der Waals surface area contributed by atoms with Crippen molar-refractivity contribution >= 4 is 43.5 Å². The van der Waals surface area contributed by atoms with Crippen LogP contribution in [0.2, 0.25) is 0 Å². The molecule has 2 heteroatoms. The molecule has 0 saturated heterocycles. The zero-order chi connectivity index (χ0) is 14.7. The van der Waals surface area contributed by atoms with Gasteiger partial charge < -0.3 is 4.98 Å². The molecule has 0 fully saturated rings. The van der Waals surface area contributed by atoms with E-state index in [2.05, 4.69) is 72.6 Å². The van der Waals surface area contributed by atoms with Gasteiger partial charge in [-0.25, -0.2) is 4.98 Å². The van der Waals surface area contributed by atoms with Crippen LogP contribution < -0.4 is 0 Å². The number of fused-ring (bicyclic) bond motifs is 7. The number of pyridine rings is 1. The van der Waals surface area contributed by atoms with Gasteiger partial charge in [0.2, 0.25) is 0 Å². The summed E-state index contributed by atoms with van der Waals surface area (Å²) in [5, 5.41) is 6.10. The highest BCUT2D eigenvalue weighted by Crippen LogP contribution is 2.34. The summed E-state index contributed by atoms with van der Waals surface area (Å²) >= 11 is 0. The molecule has 1 N–H and O–H groups in total. The third kappa shape index (κ3) is 1.47. The number of hydrogen-bond acceptors (Lipinski definition) is 1. The van der Waals surface area contributed by atoms with Crippen molar-refractivity contribution in [1.82, 2.24) is 9.97 Å². The van der Waals surface area contributed by atoms with Crippen LogP contribution in [-0.2, 0) is 0 Å². The predicted octanol–water partition coefficient (Wildman–Crippen LogP) is 5.33. The lowest BCUT2D eigenvalue weighted by Gasteiger charge is -2.01. The van der Waals surface area contributed by atoms with Crippen molar-refractivity contribution in [1.29, 1.82) is 0 Å². The Morgan fingerprint density at radius 3 is 2.32 bits per heavy atom. The molecule has 0 saturated carbocycles. The van der Waals surface area contributed by atoms with Gasteiger partial charge in [-0.1, -0.05) is 54.6 Å². The molecule has 104 valence electrons. The first-order chi connectivity index (χ1) is 10.8. The molecular formula is C20H14N2. The molecule has 3 aromatic carbocycles. The van der Waals surface area contributed by atoms with Crippen LogP contribution in [0.1, 0.15) is 5.69 Å². The lowest BCUT2D eigenvalue weighted by Crippen LogP contribution is -1.84. The van der Waals surface area contributed by atoms with E-state index < -0.39 is 0 Å². The zero-order valence-corrected chi connectivity index (χ0v) is 12.2. The largest absolute Gasteiger partial charge is 0.357 e.